The summed E-state index contributed by atoms with van der Waals surface area (Å²) in [5.41, 5.74) is 9.39. The van der Waals surface area contributed by atoms with Crippen molar-refractivity contribution in [1.82, 2.24) is 9.97 Å². The van der Waals surface area contributed by atoms with Crippen LogP contribution in [0.5, 0.6) is 0 Å². The van der Waals surface area contributed by atoms with Crippen LogP contribution in [-0.4, -0.2) is 9.97 Å². The zero-order chi connectivity index (χ0) is 17.8. The highest BCUT2D eigenvalue weighted by Crippen LogP contribution is 2.29. The van der Waals surface area contributed by atoms with Gasteiger partial charge in [-0.3, -0.25) is 0 Å². The Bertz CT molecular complexity index is 990. The molecule has 2 heterocycles. The Morgan fingerprint density at radius 1 is 0.593 bits per heavy atom. The highest BCUT2D eigenvalue weighted by Gasteiger charge is 2.17. The molecule has 0 saturated carbocycles. The van der Waals surface area contributed by atoms with Crippen LogP contribution < -0.4 is 0 Å². The van der Waals surface area contributed by atoms with Gasteiger partial charge in [-0.15, -0.1) is 0 Å². The summed E-state index contributed by atoms with van der Waals surface area (Å²) in [4.78, 5) is 9.39. The second-order valence-electron chi connectivity index (χ2n) is 7.98. The summed E-state index contributed by atoms with van der Waals surface area (Å²) in [5, 5.41) is 0. The molecule has 0 radical (unpaired) electrons. The molecule has 0 N–H and O–H groups in total. The fourth-order valence-corrected chi connectivity index (χ4v) is 4.69. The molecule has 2 aliphatic carbocycles. The lowest BCUT2D eigenvalue weighted by Gasteiger charge is -2.14. The fourth-order valence-electron chi connectivity index (χ4n) is 4.69. The third-order valence-corrected chi connectivity index (χ3v) is 6.10. The van der Waals surface area contributed by atoms with Gasteiger partial charge in [-0.05, 0) is 97.9 Å². The van der Waals surface area contributed by atoms with Gasteiger partial charge in [0, 0.05) is 0 Å². The Hall–Kier alpha value is -2.62. The molecule has 6 rings (SSSR count). The third kappa shape index (κ3) is 2.66. The van der Waals surface area contributed by atoms with Crippen molar-refractivity contribution in [3.05, 3.63) is 58.3 Å². The topological polar surface area (TPSA) is 52.1 Å². The van der Waals surface area contributed by atoms with Gasteiger partial charge in [0.05, 0.1) is 0 Å². The monoisotopic (exact) mass is 358 g/mol. The minimum atomic E-state index is 0.499. The van der Waals surface area contributed by atoms with E-state index in [2.05, 4.69) is 24.3 Å². The number of aromatic nitrogens is 2. The number of oxazole rings is 2. The normalized spacial score (nSPS) is 16.6. The van der Waals surface area contributed by atoms with Crippen LogP contribution >= 0.6 is 0 Å². The molecule has 27 heavy (non-hydrogen) atoms. The largest absolute Gasteiger partial charge is 0.440 e. The number of benzene rings is 2. The molecule has 0 aliphatic heterocycles. The Kier molecular flexibility index (Phi) is 3.40. The Labute approximate surface area is 157 Å². The molecule has 2 aromatic heterocycles. The standard InChI is InChI=1S/C23H22N2O2/c1-3-7-16-11-20-18(9-14(16)5-1)24-22(26-20)13-23-25-19-10-15-6-2-4-8-17(15)12-21(19)27-23/h9-12H,1-8,13H2. The van der Waals surface area contributed by atoms with Gasteiger partial charge in [0.15, 0.2) is 11.2 Å². The van der Waals surface area contributed by atoms with Crippen LogP contribution in [0.25, 0.3) is 22.2 Å². The lowest BCUT2D eigenvalue weighted by atomic mass is 9.91. The number of aryl methyl sites for hydroxylation is 4. The van der Waals surface area contributed by atoms with Crippen molar-refractivity contribution in [2.24, 2.45) is 0 Å². The summed E-state index contributed by atoms with van der Waals surface area (Å²) in [6, 6.07) is 8.77. The average Bonchev–Trinajstić information content (AvgIpc) is 3.25. The first-order valence-corrected chi connectivity index (χ1v) is 10.1. The predicted molar refractivity (Wildman–Crippen MR) is 104 cm³/mol. The Morgan fingerprint density at radius 2 is 1.00 bits per heavy atom. The molecule has 0 atom stereocenters. The number of rotatable bonds is 2. The highest BCUT2D eigenvalue weighted by molar-refractivity contribution is 5.76. The lowest BCUT2D eigenvalue weighted by Crippen LogP contribution is -2.01. The van der Waals surface area contributed by atoms with Crippen LogP contribution in [0, 0.1) is 0 Å². The minimum absolute atomic E-state index is 0.499. The van der Waals surface area contributed by atoms with Crippen molar-refractivity contribution >= 4 is 22.2 Å². The molecule has 0 amide bonds. The second-order valence-corrected chi connectivity index (χ2v) is 7.98. The van der Waals surface area contributed by atoms with E-state index < -0.39 is 0 Å². The zero-order valence-corrected chi connectivity index (χ0v) is 15.4. The summed E-state index contributed by atoms with van der Waals surface area (Å²) in [6.45, 7) is 0. The van der Waals surface area contributed by atoms with Gasteiger partial charge in [0.2, 0.25) is 11.8 Å². The van der Waals surface area contributed by atoms with Crippen LogP contribution in [0.1, 0.15) is 59.7 Å². The van der Waals surface area contributed by atoms with E-state index in [1.165, 1.54) is 47.9 Å². The lowest BCUT2D eigenvalue weighted by molar-refractivity contribution is 0.488. The number of fused-ring (bicyclic) bond motifs is 4. The van der Waals surface area contributed by atoms with Gasteiger partial charge in [0.1, 0.15) is 17.5 Å². The van der Waals surface area contributed by atoms with Crippen molar-refractivity contribution in [3.8, 4) is 0 Å². The maximum absolute atomic E-state index is 6.02. The number of hydrogen-bond donors (Lipinski definition) is 0. The molecule has 0 saturated heterocycles. The van der Waals surface area contributed by atoms with E-state index >= 15 is 0 Å². The molecule has 136 valence electrons. The van der Waals surface area contributed by atoms with E-state index in [-0.39, 0.29) is 0 Å². The molecule has 0 spiro atoms. The van der Waals surface area contributed by atoms with E-state index in [9.17, 15) is 0 Å². The first-order valence-electron chi connectivity index (χ1n) is 10.1. The molecule has 0 unspecified atom stereocenters. The molecule has 0 bridgehead atoms. The first kappa shape index (κ1) is 15.4. The van der Waals surface area contributed by atoms with Crippen molar-refractivity contribution in [2.75, 3.05) is 0 Å². The highest BCUT2D eigenvalue weighted by atomic mass is 16.4. The first-order chi connectivity index (χ1) is 13.3. The van der Waals surface area contributed by atoms with Gasteiger partial charge in [0.25, 0.3) is 0 Å². The van der Waals surface area contributed by atoms with E-state index in [0.29, 0.717) is 18.2 Å². The van der Waals surface area contributed by atoms with Crippen LogP contribution in [-0.2, 0) is 32.1 Å². The second kappa shape index (κ2) is 5.95. The molecule has 2 aliphatic rings. The maximum Gasteiger partial charge on any atom is 0.204 e. The van der Waals surface area contributed by atoms with Crippen molar-refractivity contribution in [3.63, 3.8) is 0 Å². The van der Waals surface area contributed by atoms with Crippen molar-refractivity contribution in [2.45, 2.75) is 57.8 Å². The number of hydrogen-bond acceptors (Lipinski definition) is 4. The summed E-state index contributed by atoms with van der Waals surface area (Å²) >= 11 is 0. The summed E-state index contributed by atoms with van der Waals surface area (Å²) in [5.74, 6) is 1.37. The molecule has 4 nitrogen and oxygen atoms in total. The van der Waals surface area contributed by atoms with Crippen LogP contribution in [0.3, 0.4) is 0 Å². The quantitative estimate of drug-likeness (QED) is 0.487. The Morgan fingerprint density at radius 3 is 1.44 bits per heavy atom. The SMILES string of the molecule is c1c2c(cc3oc(Cc4nc5cc6c(cc5o4)CCCC6)nc13)CCCC2. The fraction of sp³-hybridized carbons (Fsp3) is 0.391. The van der Waals surface area contributed by atoms with E-state index in [4.69, 9.17) is 18.8 Å². The average molecular weight is 358 g/mol. The van der Waals surface area contributed by atoms with Crippen LogP contribution in [0.4, 0.5) is 0 Å². The van der Waals surface area contributed by atoms with Gasteiger partial charge in [-0.25, -0.2) is 9.97 Å². The summed E-state index contributed by atoms with van der Waals surface area (Å²) in [7, 11) is 0. The van der Waals surface area contributed by atoms with Gasteiger partial charge in [-0.1, -0.05) is 0 Å². The number of nitrogens with zero attached hydrogens (tertiary/aromatic N) is 2. The minimum Gasteiger partial charge on any atom is -0.440 e. The van der Waals surface area contributed by atoms with Crippen molar-refractivity contribution < 1.29 is 8.83 Å². The van der Waals surface area contributed by atoms with Crippen molar-refractivity contribution in [1.29, 1.82) is 0 Å². The molecule has 4 heteroatoms. The van der Waals surface area contributed by atoms with Crippen LogP contribution in [0.15, 0.2) is 33.1 Å². The van der Waals surface area contributed by atoms with Gasteiger partial charge < -0.3 is 8.83 Å². The van der Waals surface area contributed by atoms with E-state index in [1.807, 2.05) is 0 Å². The van der Waals surface area contributed by atoms with Gasteiger partial charge >= 0.3 is 0 Å². The third-order valence-electron chi connectivity index (χ3n) is 6.10. The van der Waals surface area contributed by atoms with Gasteiger partial charge in [-0.2, -0.15) is 0 Å². The molecule has 2 aromatic carbocycles. The van der Waals surface area contributed by atoms with E-state index in [0.717, 1.165) is 47.9 Å². The molecule has 0 fully saturated rings. The van der Waals surface area contributed by atoms with Crippen LogP contribution in [0.2, 0.25) is 0 Å². The van der Waals surface area contributed by atoms with E-state index in [1.54, 1.807) is 0 Å². The smallest absolute Gasteiger partial charge is 0.204 e. The zero-order valence-electron chi connectivity index (χ0n) is 15.4. The summed E-state index contributed by atoms with van der Waals surface area (Å²) < 4.78 is 12.0. The molecule has 4 aromatic rings. The molecular formula is C23H22N2O2. The predicted octanol–water partition coefficient (Wildman–Crippen LogP) is 5.32. The summed E-state index contributed by atoms with van der Waals surface area (Å²) in [6.07, 6.45) is 10.2. The Balaban J connectivity index is 1.35. The maximum atomic E-state index is 6.02. The molecular weight excluding hydrogens is 336 g/mol.